The van der Waals surface area contributed by atoms with Gasteiger partial charge in [0.2, 0.25) is 5.91 Å². The number of hydrogen-bond acceptors (Lipinski definition) is 5. The molecular weight excluding hydrogens is 348 g/mol. The zero-order valence-electron chi connectivity index (χ0n) is 14.9. The summed E-state index contributed by atoms with van der Waals surface area (Å²) >= 11 is 0. The van der Waals surface area contributed by atoms with Crippen molar-refractivity contribution in [3.8, 4) is 5.75 Å². The fourth-order valence-electron chi connectivity index (χ4n) is 2.73. The first-order valence-electron chi connectivity index (χ1n) is 8.52. The molecule has 3 amide bonds. The first kappa shape index (κ1) is 18.6. The quantitative estimate of drug-likeness (QED) is 0.565. The Balaban J connectivity index is 1.50. The molecule has 0 fully saturated rings. The van der Waals surface area contributed by atoms with Crippen LogP contribution in [-0.4, -0.2) is 49.5 Å². The maximum Gasteiger partial charge on any atom is 0.262 e. The summed E-state index contributed by atoms with van der Waals surface area (Å²) < 4.78 is 10.4. The number of fused-ring (bicyclic) bond motifs is 1. The molecule has 0 aromatic heterocycles. The summed E-state index contributed by atoms with van der Waals surface area (Å²) in [5.41, 5.74) is 1.54. The molecule has 27 heavy (non-hydrogen) atoms. The Morgan fingerprint density at radius 2 is 1.59 bits per heavy atom. The van der Waals surface area contributed by atoms with Crippen LogP contribution in [0.15, 0.2) is 48.5 Å². The van der Waals surface area contributed by atoms with Crippen LogP contribution in [0.2, 0.25) is 0 Å². The van der Waals surface area contributed by atoms with E-state index in [2.05, 4.69) is 5.32 Å². The second-order valence-corrected chi connectivity index (χ2v) is 6.00. The van der Waals surface area contributed by atoms with Crippen molar-refractivity contribution in [1.29, 1.82) is 0 Å². The molecule has 0 saturated heterocycles. The van der Waals surface area contributed by atoms with E-state index >= 15 is 0 Å². The van der Waals surface area contributed by atoms with Crippen molar-refractivity contribution in [3.05, 3.63) is 65.2 Å². The molecule has 7 heteroatoms. The summed E-state index contributed by atoms with van der Waals surface area (Å²) in [6.45, 7) is 0.966. The summed E-state index contributed by atoms with van der Waals surface area (Å²) in [7, 11) is 1.61. The first-order chi connectivity index (χ1) is 13.1. The SMILES string of the molecule is COCCOc1ccc(CNC(=O)CN2C(=O)c3ccccc3C2=O)cc1. The fourth-order valence-corrected chi connectivity index (χ4v) is 2.73. The lowest BCUT2D eigenvalue weighted by atomic mass is 10.1. The van der Waals surface area contributed by atoms with Gasteiger partial charge in [-0.1, -0.05) is 24.3 Å². The van der Waals surface area contributed by atoms with Crippen LogP contribution in [0.25, 0.3) is 0 Å². The second kappa shape index (κ2) is 8.46. The molecule has 140 valence electrons. The normalized spacial score (nSPS) is 12.9. The average molecular weight is 368 g/mol. The number of ether oxygens (including phenoxy) is 2. The third-order valence-electron chi connectivity index (χ3n) is 4.15. The van der Waals surface area contributed by atoms with Crippen LogP contribution in [0.1, 0.15) is 26.3 Å². The van der Waals surface area contributed by atoms with Crippen LogP contribution < -0.4 is 10.1 Å². The average Bonchev–Trinajstić information content (AvgIpc) is 2.93. The molecule has 7 nitrogen and oxygen atoms in total. The van der Waals surface area contributed by atoms with E-state index < -0.39 is 17.7 Å². The number of nitrogens with zero attached hydrogens (tertiary/aromatic N) is 1. The first-order valence-corrected chi connectivity index (χ1v) is 8.52. The summed E-state index contributed by atoms with van der Waals surface area (Å²) in [6, 6.07) is 13.8. The van der Waals surface area contributed by atoms with Gasteiger partial charge in [-0.05, 0) is 29.8 Å². The highest BCUT2D eigenvalue weighted by Gasteiger charge is 2.36. The molecule has 3 rings (SSSR count). The maximum atomic E-state index is 12.3. The van der Waals surface area contributed by atoms with Gasteiger partial charge in [0.1, 0.15) is 18.9 Å². The van der Waals surface area contributed by atoms with Gasteiger partial charge in [0.05, 0.1) is 17.7 Å². The molecule has 1 aliphatic rings. The minimum atomic E-state index is -0.441. The van der Waals surface area contributed by atoms with Crippen LogP contribution in [0.5, 0.6) is 5.75 Å². The van der Waals surface area contributed by atoms with E-state index in [1.54, 1.807) is 43.5 Å². The molecule has 0 unspecified atom stereocenters. The number of hydrogen-bond donors (Lipinski definition) is 1. The molecule has 2 aromatic carbocycles. The number of amides is 3. The molecular formula is C20H20N2O5. The van der Waals surface area contributed by atoms with E-state index in [1.165, 1.54) is 0 Å². The van der Waals surface area contributed by atoms with Gasteiger partial charge < -0.3 is 14.8 Å². The van der Waals surface area contributed by atoms with E-state index in [-0.39, 0.29) is 6.54 Å². The molecule has 1 aliphatic heterocycles. The number of rotatable bonds is 8. The summed E-state index contributed by atoms with van der Waals surface area (Å²) in [5, 5.41) is 2.72. The lowest BCUT2D eigenvalue weighted by molar-refractivity contribution is -0.121. The predicted molar refractivity (Wildman–Crippen MR) is 97.5 cm³/mol. The molecule has 0 atom stereocenters. The topological polar surface area (TPSA) is 84.9 Å². The van der Waals surface area contributed by atoms with Crippen molar-refractivity contribution in [3.63, 3.8) is 0 Å². The molecule has 2 aromatic rings. The third kappa shape index (κ3) is 4.32. The highest BCUT2D eigenvalue weighted by atomic mass is 16.5. The van der Waals surface area contributed by atoms with E-state index in [1.807, 2.05) is 12.1 Å². The lowest BCUT2D eigenvalue weighted by Crippen LogP contribution is -2.40. The van der Waals surface area contributed by atoms with Crippen LogP contribution in [-0.2, 0) is 16.1 Å². The molecule has 1 heterocycles. The van der Waals surface area contributed by atoms with Gasteiger partial charge in [0.25, 0.3) is 11.8 Å². The van der Waals surface area contributed by atoms with Gasteiger partial charge in [-0.25, -0.2) is 0 Å². The molecule has 0 saturated carbocycles. The van der Waals surface area contributed by atoms with Crippen LogP contribution in [0.4, 0.5) is 0 Å². The number of nitrogens with one attached hydrogen (secondary N) is 1. The Labute approximate surface area is 156 Å². The number of carbonyl (C=O) groups is 3. The molecule has 1 N–H and O–H groups in total. The van der Waals surface area contributed by atoms with Crippen LogP contribution in [0.3, 0.4) is 0 Å². The maximum absolute atomic E-state index is 12.3. The van der Waals surface area contributed by atoms with E-state index in [0.29, 0.717) is 36.6 Å². The minimum Gasteiger partial charge on any atom is -0.491 e. The zero-order chi connectivity index (χ0) is 19.2. The standard InChI is InChI=1S/C20H20N2O5/c1-26-10-11-27-15-8-6-14(7-9-15)12-21-18(23)13-22-19(24)16-4-2-3-5-17(16)20(22)25/h2-9H,10-13H2,1H3,(H,21,23). The van der Waals surface area contributed by atoms with Crippen LogP contribution in [0, 0.1) is 0 Å². The summed E-state index contributed by atoms with van der Waals surface area (Å²) in [4.78, 5) is 37.7. The Hall–Kier alpha value is -3.19. The van der Waals surface area contributed by atoms with Crippen LogP contribution >= 0.6 is 0 Å². The Bertz CT molecular complexity index is 813. The predicted octanol–water partition coefficient (Wildman–Crippen LogP) is 1.62. The summed E-state index contributed by atoms with van der Waals surface area (Å²) in [5.74, 6) is -0.565. The molecule has 0 bridgehead atoms. The highest BCUT2D eigenvalue weighted by molar-refractivity contribution is 6.22. The van der Waals surface area contributed by atoms with Gasteiger partial charge in [-0.15, -0.1) is 0 Å². The second-order valence-electron chi connectivity index (χ2n) is 6.00. The smallest absolute Gasteiger partial charge is 0.262 e. The minimum absolute atomic E-state index is 0.292. The van der Waals surface area contributed by atoms with E-state index in [9.17, 15) is 14.4 Å². The van der Waals surface area contributed by atoms with Gasteiger partial charge in [0, 0.05) is 13.7 Å². The largest absolute Gasteiger partial charge is 0.491 e. The van der Waals surface area contributed by atoms with E-state index in [4.69, 9.17) is 9.47 Å². The van der Waals surface area contributed by atoms with Gasteiger partial charge >= 0.3 is 0 Å². The fraction of sp³-hybridized carbons (Fsp3) is 0.250. The number of methoxy groups -OCH3 is 1. The van der Waals surface area contributed by atoms with Gasteiger partial charge in [0.15, 0.2) is 0 Å². The Morgan fingerprint density at radius 3 is 2.19 bits per heavy atom. The van der Waals surface area contributed by atoms with Crippen molar-refractivity contribution >= 4 is 17.7 Å². The molecule has 0 spiro atoms. The Kier molecular flexibility index (Phi) is 5.83. The number of benzene rings is 2. The van der Waals surface area contributed by atoms with Crippen molar-refractivity contribution in [1.82, 2.24) is 10.2 Å². The van der Waals surface area contributed by atoms with Gasteiger partial charge in [-0.2, -0.15) is 0 Å². The van der Waals surface area contributed by atoms with Crippen molar-refractivity contribution in [2.45, 2.75) is 6.54 Å². The summed E-state index contributed by atoms with van der Waals surface area (Å²) in [6.07, 6.45) is 0. The zero-order valence-corrected chi connectivity index (χ0v) is 14.9. The molecule has 0 aliphatic carbocycles. The Morgan fingerprint density at radius 1 is 0.963 bits per heavy atom. The van der Waals surface area contributed by atoms with E-state index in [0.717, 1.165) is 10.5 Å². The molecule has 0 radical (unpaired) electrons. The number of carbonyl (C=O) groups excluding carboxylic acids is 3. The number of imide groups is 1. The van der Waals surface area contributed by atoms with Crippen molar-refractivity contribution in [2.24, 2.45) is 0 Å². The highest BCUT2D eigenvalue weighted by Crippen LogP contribution is 2.21. The lowest BCUT2D eigenvalue weighted by Gasteiger charge is -2.13. The van der Waals surface area contributed by atoms with Gasteiger partial charge in [-0.3, -0.25) is 19.3 Å². The van der Waals surface area contributed by atoms with Crippen molar-refractivity contribution in [2.75, 3.05) is 26.9 Å². The van der Waals surface area contributed by atoms with Crippen molar-refractivity contribution < 1.29 is 23.9 Å². The third-order valence-corrected chi connectivity index (χ3v) is 4.15. The monoisotopic (exact) mass is 368 g/mol.